The number of benzene rings is 1. The summed E-state index contributed by atoms with van der Waals surface area (Å²) < 4.78 is 15.0. The highest BCUT2D eigenvalue weighted by Gasteiger charge is 2.14. The molecule has 2 rings (SSSR count). The first-order valence-corrected chi connectivity index (χ1v) is 6.28. The number of phenols is 1. The minimum Gasteiger partial charge on any atom is -0.508 e. The molecular formula is C14H18FN3O. The monoisotopic (exact) mass is 263 g/mol. The summed E-state index contributed by atoms with van der Waals surface area (Å²) in [6.07, 6.45) is 2.69. The summed E-state index contributed by atoms with van der Waals surface area (Å²) in [4.78, 5) is 0. The van der Waals surface area contributed by atoms with Crippen molar-refractivity contribution in [2.75, 3.05) is 5.32 Å². The first kappa shape index (κ1) is 13.4. The number of rotatable bonds is 4. The van der Waals surface area contributed by atoms with Gasteiger partial charge < -0.3 is 10.4 Å². The van der Waals surface area contributed by atoms with Crippen LogP contribution in [-0.4, -0.2) is 14.9 Å². The molecule has 1 aromatic carbocycles. The van der Waals surface area contributed by atoms with Crippen LogP contribution in [0.15, 0.2) is 24.4 Å². The van der Waals surface area contributed by atoms with Crippen LogP contribution in [0.25, 0.3) is 0 Å². The Bertz CT molecular complexity index is 580. The van der Waals surface area contributed by atoms with Gasteiger partial charge in [0.1, 0.15) is 11.6 Å². The Hall–Kier alpha value is -2.04. The topological polar surface area (TPSA) is 50.1 Å². The molecule has 2 aromatic rings. The lowest BCUT2D eigenvalue weighted by atomic mass is 10.1. The Morgan fingerprint density at radius 1 is 1.47 bits per heavy atom. The van der Waals surface area contributed by atoms with E-state index < -0.39 is 0 Å². The summed E-state index contributed by atoms with van der Waals surface area (Å²) in [5.74, 6) is -0.272. The third-order valence-electron chi connectivity index (χ3n) is 3.07. The number of aryl methyl sites for hydroxylation is 2. The third kappa shape index (κ3) is 2.86. The lowest BCUT2D eigenvalue weighted by molar-refractivity contribution is 0.462. The second-order valence-electron chi connectivity index (χ2n) is 4.59. The molecule has 1 atom stereocenters. The van der Waals surface area contributed by atoms with Crippen LogP contribution in [0, 0.1) is 5.82 Å². The summed E-state index contributed by atoms with van der Waals surface area (Å²) >= 11 is 0. The standard InChI is InChI=1S/C14H18FN3O/c1-4-12-13(8-18(3)17-12)16-9(2)11-7-10(15)5-6-14(11)19/h5-9,16,19H,4H2,1-3H3. The van der Waals surface area contributed by atoms with Gasteiger partial charge in [0.2, 0.25) is 0 Å². The van der Waals surface area contributed by atoms with Gasteiger partial charge in [-0.25, -0.2) is 4.39 Å². The second kappa shape index (κ2) is 5.30. The Morgan fingerprint density at radius 3 is 2.89 bits per heavy atom. The average molecular weight is 263 g/mol. The van der Waals surface area contributed by atoms with Gasteiger partial charge in [-0.05, 0) is 31.5 Å². The molecule has 102 valence electrons. The van der Waals surface area contributed by atoms with Crippen LogP contribution in [0.1, 0.15) is 31.1 Å². The fourth-order valence-corrected chi connectivity index (χ4v) is 2.10. The van der Waals surface area contributed by atoms with E-state index in [1.807, 2.05) is 27.1 Å². The number of halogens is 1. The summed E-state index contributed by atoms with van der Waals surface area (Å²) in [5, 5.41) is 17.4. The smallest absolute Gasteiger partial charge is 0.123 e. The normalized spacial score (nSPS) is 12.4. The van der Waals surface area contributed by atoms with Crippen LogP contribution in [-0.2, 0) is 13.5 Å². The maximum absolute atomic E-state index is 13.2. The zero-order valence-corrected chi connectivity index (χ0v) is 11.3. The highest BCUT2D eigenvalue weighted by atomic mass is 19.1. The van der Waals surface area contributed by atoms with Gasteiger partial charge in [-0.2, -0.15) is 5.10 Å². The summed E-state index contributed by atoms with van der Waals surface area (Å²) in [7, 11) is 1.86. The molecule has 0 radical (unpaired) electrons. The number of phenolic OH excluding ortho intramolecular Hbond substituents is 1. The van der Waals surface area contributed by atoms with E-state index in [-0.39, 0.29) is 17.6 Å². The number of hydrogen-bond acceptors (Lipinski definition) is 3. The molecule has 0 spiro atoms. The molecule has 1 aromatic heterocycles. The van der Waals surface area contributed by atoms with E-state index in [0.29, 0.717) is 5.56 Å². The van der Waals surface area contributed by atoms with Crippen molar-refractivity contribution >= 4 is 5.69 Å². The molecule has 0 saturated heterocycles. The van der Waals surface area contributed by atoms with Gasteiger partial charge >= 0.3 is 0 Å². The van der Waals surface area contributed by atoms with E-state index in [0.717, 1.165) is 17.8 Å². The summed E-state index contributed by atoms with van der Waals surface area (Å²) in [6.45, 7) is 3.90. The van der Waals surface area contributed by atoms with Crippen LogP contribution < -0.4 is 5.32 Å². The van der Waals surface area contributed by atoms with Crippen molar-refractivity contribution in [2.24, 2.45) is 7.05 Å². The third-order valence-corrected chi connectivity index (χ3v) is 3.07. The SMILES string of the molecule is CCc1nn(C)cc1NC(C)c1cc(F)ccc1O. The predicted molar refractivity (Wildman–Crippen MR) is 72.7 cm³/mol. The number of hydrogen-bond donors (Lipinski definition) is 2. The van der Waals surface area contributed by atoms with Crippen molar-refractivity contribution in [3.05, 3.63) is 41.5 Å². The maximum atomic E-state index is 13.2. The minimum absolute atomic E-state index is 0.0864. The van der Waals surface area contributed by atoms with Gasteiger partial charge in [0, 0.05) is 18.8 Å². The van der Waals surface area contributed by atoms with E-state index in [9.17, 15) is 9.50 Å². The molecule has 0 amide bonds. The Labute approximate surface area is 111 Å². The molecule has 1 unspecified atom stereocenters. The minimum atomic E-state index is -0.358. The molecule has 0 saturated carbocycles. The molecule has 1 heterocycles. The lowest BCUT2D eigenvalue weighted by Gasteiger charge is -2.16. The van der Waals surface area contributed by atoms with Crippen molar-refractivity contribution in [1.82, 2.24) is 9.78 Å². The number of nitrogens with one attached hydrogen (secondary N) is 1. The molecule has 0 aliphatic carbocycles. The first-order chi connectivity index (χ1) is 9.01. The van der Waals surface area contributed by atoms with Crippen LogP contribution in [0.2, 0.25) is 0 Å². The van der Waals surface area contributed by atoms with Crippen LogP contribution in [0.5, 0.6) is 5.75 Å². The van der Waals surface area contributed by atoms with Crippen molar-refractivity contribution in [2.45, 2.75) is 26.3 Å². The van der Waals surface area contributed by atoms with Crippen molar-refractivity contribution in [3.63, 3.8) is 0 Å². The average Bonchev–Trinajstić information content (AvgIpc) is 2.72. The van der Waals surface area contributed by atoms with Gasteiger partial charge in [0.25, 0.3) is 0 Å². The molecule has 0 bridgehead atoms. The Kier molecular flexibility index (Phi) is 3.74. The number of nitrogens with zero attached hydrogens (tertiary/aromatic N) is 2. The van der Waals surface area contributed by atoms with Crippen molar-refractivity contribution < 1.29 is 9.50 Å². The van der Waals surface area contributed by atoms with E-state index in [1.165, 1.54) is 18.2 Å². The highest BCUT2D eigenvalue weighted by molar-refractivity contribution is 5.50. The number of aromatic nitrogens is 2. The Balaban J connectivity index is 2.25. The van der Waals surface area contributed by atoms with Gasteiger partial charge in [-0.3, -0.25) is 4.68 Å². The predicted octanol–water partition coefficient (Wildman–Crippen LogP) is 3.00. The van der Waals surface area contributed by atoms with Crippen LogP contribution in [0.4, 0.5) is 10.1 Å². The maximum Gasteiger partial charge on any atom is 0.123 e. The Morgan fingerprint density at radius 2 is 2.21 bits per heavy atom. The van der Waals surface area contributed by atoms with Crippen LogP contribution >= 0.6 is 0 Å². The molecule has 2 N–H and O–H groups in total. The molecule has 19 heavy (non-hydrogen) atoms. The fourth-order valence-electron chi connectivity index (χ4n) is 2.10. The molecule has 0 fully saturated rings. The highest BCUT2D eigenvalue weighted by Crippen LogP contribution is 2.28. The van der Waals surface area contributed by atoms with Crippen LogP contribution in [0.3, 0.4) is 0 Å². The van der Waals surface area contributed by atoms with Gasteiger partial charge in [-0.1, -0.05) is 6.92 Å². The van der Waals surface area contributed by atoms with Gasteiger partial charge in [0.15, 0.2) is 0 Å². The summed E-state index contributed by atoms with van der Waals surface area (Å²) in [6, 6.07) is 3.75. The van der Waals surface area contributed by atoms with Gasteiger partial charge in [0.05, 0.1) is 17.4 Å². The number of aromatic hydroxyl groups is 1. The molecule has 5 heteroatoms. The van der Waals surface area contributed by atoms with Gasteiger partial charge in [-0.15, -0.1) is 0 Å². The van der Waals surface area contributed by atoms with E-state index in [1.54, 1.807) is 4.68 Å². The zero-order chi connectivity index (χ0) is 14.0. The van der Waals surface area contributed by atoms with E-state index >= 15 is 0 Å². The summed E-state index contributed by atoms with van der Waals surface area (Å²) in [5.41, 5.74) is 2.39. The molecule has 0 aliphatic heterocycles. The molecule has 4 nitrogen and oxygen atoms in total. The van der Waals surface area contributed by atoms with Crippen molar-refractivity contribution in [1.29, 1.82) is 0 Å². The van der Waals surface area contributed by atoms with Crippen molar-refractivity contribution in [3.8, 4) is 5.75 Å². The lowest BCUT2D eigenvalue weighted by Crippen LogP contribution is -2.08. The fraction of sp³-hybridized carbons (Fsp3) is 0.357. The quantitative estimate of drug-likeness (QED) is 0.891. The van der Waals surface area contributed by atoms with E-state index in [4.69, 9.17) is 0 Å². The zero-order valence-electron chi connectivity index (χ0n) is 11.3. The first-order valence-electron chi connectivity index (χ1n) is 6.28. The largest absolute Gasteiger partial charge is 0.508 e. The number of anilines is 1. The van der Waals surface area contributed by atoms with E-state index in [2.05, 4.69) is 10.4 Å². The molecule has 0 aliphatic rings. The molecular weight excluding hydrogens is 245 g/mol. The second-order valence-corrected chi connectivity index (χ2v) is 4.59.